The molecule has 2 rings (SSSR count). The van der Waals surface area contributed by atoms with Crippen LogP contribution in [0.5, 0.6) is 11.5 Å². The minimum Gasteiger partial charge on any atom is -0.497 e. The number of benzene rings is 1. The summed E-state index contributed by atoms with van der Waals surface area (Å²) in [7, 11) is 5.43. The highest BCUT2D eigenvalue weighted by molar-refractivity contribution is 5.77. The zero-order chi connectivity index (χ0) is 18.9. The summed E-state index contributed by atoms with van der Waals surface area (Å²) in [6, 6.07) is 9.03. The molecule has 1 amide bonds. The molecule has 2 aromatic rings. The third-order valence-electron chi connectivity index (χ3n) is 3.44. The molecular formula is C18H25N5O3. The summed E-state index contributed by atoms with van der Waals surface area (Å²) in [5.74, 6) is 2.43. The summed E-state index contributed by atoms with van der Waals surface area (Å²) in [4.78, 5) is 22.5. The van der Waals surface area contributed by atoms with Crippen molar-refractivity contribution < 1.29 is 14.3 Å². The molecule has 0 atom stereocenters. The quantitative estimate of drug-likeness (QED) is 0.655. The van der Waals surface area contributed by atoms with E-state index >= 15 is 0 Å². The average Bonchev–Trinajstić information content (AvgIpc) is 2.63. The maximum Gasteiger partial charge on any atom is 0.258 e. The first-order chi connectivity index (χ1) is 12.5. The van der Waals surface area contributed by atoms with Crippen molar-refractivity contribution in [2.75, 3.05) is 51.1 Å². The van der Waals surface area contributed by atoms with E-state index in [2.05, 4.69) is 20.6 Å². The van der Waals surface area contributed by atoms with Crippen LogP contribution in [0.1, 0.15) is 5.69 Å². The van der Waals surface area contributed by atoms with Gasteiger partial charge in [-0.05, 0) is 19.1 Å². The number of carbonyl (C=O) groups excluding carboxylic acids is 1. The number of anilines is 2. The van der Waals surface area contributed by atoms with E-state index in [9.17, 15) is 4.79 Å². The number of methoxy groups -OCH3 is 1. The number of carbonyl (C=O) groups is 1. The van der Waals surface area contributed by atoms with E-state index < -0.39 is 0 Å². The fraction of sp³-hybridized carbons (Fsp3) is 0.389. The van der Waals surface area contributed by atoms with Gasteiger partial charge < -0.3 is 25.0 Å². The van der Waals surface area contributed by atoms with Crippen molar-refractivity contribution in [2.45, 2.75) is 6.92 Å². The molecule has 0 radical (unpaired) electrons. The molecule has 0 aliphatic heterocycles. The number of rotatable bonds is 9. The van der Waals surface area contributed by atoms with Gasteiger partial charge in [-0.1, -0.05) is 6.07 Å². The first-order valence-corrected chi connectivity index (χ1v) is 8.28. The van der Waals surface area contributed by atoms with Crippen LogP contribution in [0.2, 0.25) is 0 Å². The number of aromatic nitrogens is 2. The smallest absolute Gasteiger partial charge is 0.258 e. The predicted molar refractivity (Wildman–Crippen MR) is 101 cm³/mol. The van der Waals surface area contributed by atoms with Gasteiger partial charge in [0.15, 0.2) is 6.61 Å². The standard InChI is InChI=1S/C18H25N5O3/c1-13-10-16(23(2)3)22-18(21-13)20-9-8-19-17(24)12-26-15-7-5-6-14(11-15)25-4/h5-7,10-11H,8-9,12H2,1-4H3,(H,19,24)(H,20,21,22). The van der Waals surface area contributed by atoms with Crippen LogP contribution in [0, 0.1) is 6.92 Å². The topological polar surface area (TPSA) is 88.6 Å². The van der Waals surface area contributed by atoms with E-state index in [4.69, 9.17) is 9.47 Å². The van der Waals surface area contributed by atoms with Crippen LogP contribution in [0.25, 0.3) is 0 Å². The molecule has 0 aliphatic rings. The van der Waals surface area contributed by atoms with Crippen molar-refractivity contribution in [3.05, 3.63) is 36.0 Å². The highest BCUT2D eigenvalue weighted by Crippen LogP contribution is 2.18. The molecule has 1 aromatic heterocycles. The first-order valence-electron chi connectivity index (χ1n) is 8.28. The lowest BCUT2D eigenvalue weighted by Crippen LogP contribution is -2.33. The van der Waals surface area contributed by atoms with Crippen molar-refractivity contribution >= 4 is 17.7 Å². The number of hydrogen-bond acceptors (Lipinski definition) is 7. The Labute approximate surface area is 153 Å². The second-order valence-electron chi connectivity index (χ2n) is 5.83. The highest BCUT2D eigenvalue weighted by Gasteiger charge is 2.05. The fourth-order valence-electron chi connectivity index (χ4n) is 2.13. The van der Waals surface area contributed by atoms with Gasteiger partial charge in [0.2, 0.25) is 5.95 Å². The minimum atomic E-state index is -0.200. The molecule has 140 valence electrons. The van der Waals surface area contributed by atoms with E-state index in [1.165, 1.54) is 0 Å². The SMILES string of the molecule is COc1cccc(OCC(=O)NCCNc2nc(C)cc(N(C)C)n2)c1. The van der Waals surface area contributed by atoms with E-state index in [1.807, 2.05) is 38.1 Å². The van der Waals surface area contributed by atoms with Gasteiger partial charge in [0.05, 0.1) is 7.11 Å². The highest BCUT2D eigenvalue weighted by atomic mass is 16.5. The van der Waals surface area contributed by atoms with E-state index in [-0.39, 0.29) is 12.5 Å². The summed E-state index contributed by atoms with van der Waals surface area (Å²) < 4.78 is 10.6. The van der Waals surface area contributed by atoms with E-state index in [0.717, 1.165) is 11.5 Å². The lowest BCUT2D eigenvalue weighted by atomic mass is 10.3. The zero-order valence-corrected chi connectivity index (χ0v) is 15.6. The second kappa shape index (κ2) is 9.45. The number of aryl methyl sites for hydroxylation is 1. The van der Waals surface area contributed by atoms with Crippen LogP contribution in [-0.2, 0) is 4.79 Å². The lowest BCUT2D eigenvalue weighted by molar-refractivity contribution is -0.123. The largest absolute Gasteiger partial charge is 0.497 e. The van der Waals surface area contributed by atoms with Gasteiger partial charge >= 0.3 is 0 Å². The summed E-state index contributed by atoms with van der Waals surface area (Å²) in [6.45, 7) is 2.81. The third kappa shape index (κ3) is 6.12. The van der Waals surface area contributed by atoms with Crippen LogP contribution in [-0.4, -0.2) is 56.8 Å². The average molecular weight is 359 g/mol. The molecule has 8 heteroatoms. The molecule has 0 spiro atoms. The number of hydrogen-bond donors (Lipinski definition) is 2. The molecule has 1 aromatic carbocycles. The second-order valence-corrected chi connectivity index (χ2v) is 5.83. The van der Waals surface area contributed by atoms with Crippen molar-refractivity contribution in [1.82, 2.24) is 15.3 Å². The number of nitrogens with one attached hydrogen (secondary N) is 2. The summed E-state index contributed by atoms with van der Waals surface area (Å²) in [6.07, 6.45) is 0. The summed E-state index contributed by atoms with van der Waals surface area (Å²) in [5, 5.41) is 5.88. The van der Waals surface area contributed by atoms with E-state index in [1.54, 1.807) is 25.3 Å². The molecule has 0 saturated carbocycles. The van der Waals surface area contributed by atoms with Gasteiger partial charge in [-0.3, -0.25) is 4.79 Å². The Balaban J connectivity index is 1.71. The van der Waals surface area contributed by atoms with Crippen LogP contribution in [0.3, 0.4) is 0 Å². The molecule has 0 aliphatic carbocycles. The van der Waals surface area contributed by atoms with Crippen molar-refractivity contribution in [3.63, 3.8) is 0 Å². The van der Waals surface area contributed by atoms with Crippen molar-refractivity contribution in [1.29, 1.82) is 0 Å². The number of ether oxygens (including phenoxy) is 2. The molecule has 26 heavy (non-hydrogen) atoms. The normalized spacial score (nSPS) is 10.2. The van der Waals surface area contributed by atoms with Crippen LogP contribution in [0.4, 0.5) is 11.8 Å². The van der Waals surface area contributed by atoms with Gasteiger partial charge in [0, 0.05) is 45.0 Å². The van der Waals surface area contributed by atoms with Crippen LogP contribution >= 0.6 is 0 Å². The van der Waals surface area contributed by atoms with Gasteiger partial charge in [0.1, 0.15) is 17.3 Å². The first kappa shape index (κ1) is 19.3. The molecule has 0 unspecified atom stereocenters. The Bertz CT molecular complexity index is 737. The van der Waals surface area contributed by atoms with Crippen molar-refractivity contribution in [3.8, 4) is 11.5 Å². The molecule has 2 N–H and O–H groups in total. The summed E-state index contributed by atoms with van der Waals surface area (Å²) >= 11 is 0. The van der Waals surface area contributed by atoms with Crippen molar-refractivity contribution in [2.24, 2.45) is 0 Å². The number of nitrogens with zero attached hydrogens (tertiary/aromatic N) is 3. The maximum absolute atomic E-state index is 11.8. The van der Waals surface area contributed by atoms with Gasteiger partial charge in [-0.15, -0.1) is 0 Å². The Kier molecular flexibility index (Phi) is 7.02. The predicted octanol–water partition coefficient (Wildman–Crippen LogP) is 1.47. The summed E-state index contributed by atoms with van der Waals surface area (Å²) in [5.41, 5.74) is 0.877. The van der Waals surface area contributed by atoms with Gasteiger partial charge in [-0.2, -0.15) is 4.98 Å². The lowest BCUT2D eigenvalue weighted by Gasteiger charge is -2.14. The maximum atomic E-state index is 11.8. The Morgan fingerprint density at radius 2 is 1.92 bits per heavy atom. The molecular weight excluding hydrogens is 334 g/mol. The molecule has 0 fully saturated rings. The van der Waals surface area contributed by atoms with Gasteiger partial charge in [-0.25, -0.2) is 4.98 Å². The molecule has 0 saturated heterocycles. The Hall–Kier alpha value is -3.03. The van der Waals surface area contributed by atoms with Gasteiger partial charge in [0.25, 0.3) is 5.91 Å². The third-order valence-corrected chi connectivity index (χ3v) is 3.44. The minimum absolute atomic E-state index is 0.0567. The Morgan fingerprint density at radius 1 is 1.15 bits per heavy atom. The monoisotopic (exact) mass is 359 g/mol. The zero-order valence-electron chi connectivity index (χ0n) is 15.6. The fourth-order valence-corrected chi connectivity index (χ4v) is 2.13. The van der Waals surface area contributed by atoms with Crippen LogP contribution < -0.4 is 25.0 Å². The van der Waals surface area contributed by atoms with Crippen LogP contribution in [0.15, 0.2) is 30.3 Å². The number of amides is 1. The Morgan fingerprint density at radius 3 is 2.65 bits per heavy atom. The molecule has 8 nitrogen and oxygen atoms in total. The van der Waals surface area contributed by atoms with E-state index in [0.29, 0.717) is 30.5 Å². The molecule has 1 heterocycles. The molecule has 0 bridgehead atoms.